The summed E-state index contributed by atoms with van der Waals surface area (Å²) < 4.78 is 0. The normalized spacial score (nSPS) is 11.6. The van der Waals surface area contributed by atoms with E-state index in [9.17, 15) is 14.4 Å². The number of carbonyl (C=O) groups is 3. The van der Waals surface area contributed by atoms with E-state index < -0.39 is 11.9 Å². The van der Waals surface area contributed by atoms with Gasteiger partial charge in [0, 0.05) is 31.4 Å². The average Bonchev–Trinajstić information content (AvgIpc) is 2.68. The second-order valence-electron chi connectivity index (χ2n) is 7.48. The Morgan fingerprint density at radius 1 is 1.07 bits per heavy atom. The fourth-order valence-electron chi connectivity index (χ4n) is 3.66. The first-order valence-electron chi connectivity index (χ1n) is 10.8. The molecule has 0 aromatic heterocycles. The molecule has 6 heteroatoms. The van der Waals surface area contributed by atoms with E-state index in [0.717, 1.165) is 43.6 Å². The summed E-state index contributed by atoms with van der Waals surface area (Å²) in [5, 5.41) is 2.21. The Morgan fingerprint density at radius 3 is 2.31 bits per heavy atom. The molecule has 0 aliphatic carbocycles. The van der Waals surface area contributed by atoms with Crippen molar-refractivity contribution in [1.82, 2.24) is 5.32 Å². The zero-order valence-electron chi connectivity index (χ0n) is 18.7. The largest absolute Gasteiger partial charge is 0.372 e. The third-order valence-electron chi connectivity index (χ3n) is 5.05. The van der Waals surface area contributed by atoms with Gasteiger partial charge in [0.05, 0.1) is 0 Å². The van der Waals surface area contributed by atoms with Gasteiger partial charge >= 0.3 is 0 Å². The van der Waals surface area contributed by atoms with E-state index in [2.05, 4.69) is 30.1 Å². The number of rotatable bonds is 13. The molecule has 1 unspecified atom stereocenters. The molecule has 0 aliphatic rings. The molecule has 1 aromatic carbocycles. The second-order valence-corrected chi connectivity index (χ2v) is 7.48. The maximum atomic E-state index is 12.5. The third kappa shape index (κ3) is 7.18. The molecule has 1 N–H and O–H groups in total. The molecule has 6 nitrogen and oxygen atoms in total. The van der Waals surface area contributed by atoms with Gasteiger partial charge in [-0.3, -0.25) is 24.6 Å². The Labute approximate surface area is 175 Å². The highest BCUT2D eigenvalue weighted by Crippen LogP contribution is 2.29. The number of imide groups is 1. The number of anilines is 2. The number of amides is 3. The highest BCUT2D eigenvalue weighted by molar-refractivity contribution is 6.02. The monoisotopic (exact) mass is 403 g/mol. The first-order chi connectivity index (χ1) is 13.9. The number of aryl methyl sites for hydroxylation is 1. The number of hydrogen-bond acceptors (Lipinski definition) is 4. The lowest BCUT2D eigenvalue weighted by atomic mass is 10.0. The molecule has 3 amide bonds. The molecule has 0 aliphatic heterocycles. The fourth-order valence-corrected chi connectivity index (χ4v) is 3.66. The number of nitrogens with one attached hydrogen (secondary N) is 1. The summed E-state index contributed by atoms with van der Waals surface area (Å²) in [6.45, 7) is 11.7. The maximum Gasteiger partial charge on any atom is 0.249 e. The quantitative estimate of drug-likeness (QED) is 0.396. The van der Waals surface area contributed by atoms with E-state index in [4.69, 9.17) is 0 Å². The van der Waals surface area contributed by atoms with Crippen LogP contribution in [0.25, 0.3) is 0 Å². The van der Waals surface area contributed by atoms with E-state index in [0.29, 0.717) is 18.5 Å². The van der Waals surface area contributed by atoms with Crippen LogP contribution in [0.4, 0.5) is 11.4 Å². The van der Waals surface area contributed by atoms with Crippen LogP contribution in [-0.2, 0) is 14.4 Å². The van der Waals surface area contributed by atoms with Gasteiger partial charge in [0.2, 0.25) is 18.2 Å². The predicted octanol–water partition coefficient (Wildman–Crippen LogP) is 4.20. The average molecular weight is 404 g/mol. The van der Waals surface area contributed by atoms with Crippen molar-refractivity contribution < 1.29 is 14.4 Å². The van der Waals surface area contributed by atoms with Gasteiger partial charge in [-0.15, -0.1) is 0 Å². The van der Waals surface area contributed by atoms with E-state index in [1.165, 1.54) is 24.7 Å². The first kappa shape index (κ1) is 24.7. The minimum Gasteiger partial charge on any atom is -0.372 e. The minimum absolute atomic E-state index is 0.214. The zero-order chi connectivity index (χ0) is 21.8. The molecule has 1 atom stereocenters. The number of benzene rings is 1. The molecule has 0 bridgehead atoms. The van der Waals surface area contributed by atoms with Crippen LogP contribution in [0.3, 0.4) is 0 Å². The van der Waals surface area contributed by atoms with E-state index in [-0.39, 0.29) is 5.91 Å². The van der Waals surface area contributed by atoms with Crippen LogP contribution in [0.1, 0.15) is 71.8 Å². The number of unbranched alkanes of at least 4 members (excludes halogenated alkanes) is 2. The molecular formula is C23H37N3O3. The first-order valence-corrected chi connectivity index (χ1v) is 10.8. The smallest absolute Gasteiger partial charge is 0.249 e. The van der Waals surface area contributed by atoms with Crippen LogP contribution < -0.4 is 15.1 Å². The van der Waals surface area contributed by atoms with E-state index in [1.807, 2.05) is 26.0 Å². The standard InChI is InChI=1S/C23H37N3O3/c1-6-9-10-15-25(14-8-3)20-12-13-21(18(4)16-20)26(19(5)28)22(11-7-2)23(29)24-17-27/h12-13,16-17,22H,6-11,14-15H2,1-5H3,(H,24,27,29). The maximum absolute atomic E-state index is 12.5. The zero-order valence-corrected chi connectivity index (χ0v) is 18.7. The van der Waals surface area contributed by atoms with Crippen LogP contribution in [0.2, 0.25) is 0 Å². The van der Waals surface area contributed by atoms with Gasteiger partial charge in [-0.25, -0.2) is 0 Å². The van der Waals surface area contributed by atoms with Crippen molar-refractivity contribution in [2.24, 2.45) is 0 Å². The Balaban J connectivity index is 3.23. The minimum atomic E-state index is -0.705. The molecule has 0 saturated heterocycles. The van der Waals surface area contributed by atoms with Crippen LogP contribution >= 0.6 is 0 Å². The van der Waals surface area contributed by atoms with Gasteiger partial charge in [-0.1, -0.05) is 40.0 Å². The van der Waals surface area contributed by atoms with Crippen LogP contribution in [0.15, 0.2) is 18.2 Å². The highest BCUT2D eigenvalue weighted by atomic mass is 16.2. The highest BCUT2D eigenvalue weighted by Gasteiger charge is 2.29. The Kier molecular flexibility index (Phi) is 11.0. The number of hydrogen-bond donors (Lipinski definition) is 1. The van der Waals surface area contributed by atoms with E-state index >= 15 is 0 Å². The third-order valence-corrected chi connectivity index (χ3v) is 5.05. The van der Waals surface area contributed by atoms with Gasteiger partial charge in [-0.2, -0.15) is 0 Å². The van der Waals surface area contributed by atoms with Gasteiger partial charge < -0.3 is 4.90 Å². The number of carbonyl (C=O) groups excluding carboxylic acids is 3. The SMILES string of the molecule is CCCCCN(CCC)c1ccc(N(C(C)=O)C(CCC)C(=O)NC=O)c(C)c1. The summed E-state index contributed by atoms with van der Waals surface area (Å²) >= 11 is 0. The van der Waals surface area contributed by atoms with Crippen molar-refractivity contribution in [2.75, 3.05) is 22.9 Å². The molecular weight excluding hydrogens is 366 g/mol. The van der Waals surface area contributed by atoms with Crippen LogP contribution in [-0.4, -0.2) is 37.4 Å². The Bertz CT molecular complexity index is 675. The summed E-state index contributed by atoms with van der Waals surface area (Å²) in [5.41, 5.74) is 2.79. The molecule has 0 saturated carbocycles. The summed E-state index contributed by atoms with van der Waals surface area (Å²) in [7, 11) is 0. The molecule has 0 fully saturated rings. The lowest BCUT2D eigenvalue weighted by Gasteiger charge is -2.32. The second kappa shape index (κ2) is 13.0. The van der Waals surface area contributed by atoms with E-state index in [1.54, 1.807) is 0 Å². The van der Waals surface area contributed by atoms with Gasteiger partial charge in [0.1, 0.15) is 6.04 Å². The van der Waals surface area contributed by atoms with Crippen molar-refractivity contribution in [3.05, 3.63) is 23.8 Å². The van der Waals surface area contributed by atoms with Crippen molar-refractivity contribution in [3.63, 3.8) is 0 Å². The summed E-state index contributed by atoms with van der Waals surface area (Å²) in [5.74, 6) is -0.665. The summed E-state index contributed by atoms with van der Waals surface area (Å²) in [4.78, 5) is 39.6. The van der Waals surface area contributed by atoms with Crippen molar-refractivity contribution in [1.29, 1.82) is 0 Å². The molecule has 1 aromatic rings. The molecule has 0 heterocycles. The van der Waals surface area contributed by atoms with Crippen molar-refractivity contribution in [2.45, 2.75) is 79.2 Å². The Morgan fingerprint density at radius 2 is 1.79 bits per heavy atom. The molecule has 162 valence electrons. The fraction of sp³-hybridized carbons (Fsp3) is 0.609. The summed E-state index contributed by atoms with van der Waals surface area (Å²) in [6, 6.07) is 5.34. The molecule has 0 spiro atoms. The Hall–Kier alpha value is -2.37. The van der Waals surface area contributed by atoms with Gasteiger partial charge in [-0.05, 0) is 49.9 Å². The number of nitrogens with zero attached hydrogens (tertiary/aromatic N) is 2. The van der Waals surface area contributed by atoms with Gasteiger partial charge in [0.15, 0.2) is 0 Å². The van der Waals surface area contributed by atoms with Crippen molar-refractivity contribution in [3.8, 4) is 0 Å². The van der Waals surface area contributed by atoms with Gasteiger partial charge in [0.25, 0.3) is 0 Å². The molecule has 0 radical (unpaired) electrons. The van der Waals surface area contributed by atoms with Crippen LogP contribution in [0, 0.1) is 6.92 Å². The molecule has 1 rings (SSSR count). The lowest BCUT2D eigenvalue weighted by Crippen LogP contribution is -2.49. The predicted molar refractivity (Wildman–Crippen MR) is 119 cm³/mol. The lowest BCUT2D eigenvalue weighted by molar-refractivity contribution is -0.128. The summed E-state index contributed by atoms with van der Waals surface area (Å²) in [6.07, 6.45) is 6.20. The van der Waals surface area contributed by atoms with Crippen molar-refractivity contribution >= 4 is 29.6 Å². The van der Waals surface area contributed by atoms with Crippen LogP contribution in [0.5, 0.6) is 0 Å². The molecule has 29 heavy (non-hydrogen) atoms. The topological polar surface area (TPSA) is 69.7 Å².